The highest BCUT2D eigenvalue weighted by Crippen LogP contribution is 2.27. The largest absolute Gasteiger partial charge is 0.410 e. The normalized spacial score (nSPS) is 11.0. The van der Waals surface area contributed by atoms with E-state index in [9.17, 15) is 13.6 Å². The number of halogens is 2. The van der Waals surface area contributed by atoms with Crippen molar-refractivity contribution in [1.82, 2.24) is 10.2 Å². The van der Waals surface area contributed by atoms with Crippen molar-refractivity contribution >= 4 is 46.5 Å². The second-order valence-electron chi connectivity index (χ2n) is 4.59. The van der Waals surface area contributed by atoms with Gasteiger partial charge in [-0.1, -0.05) is 29.6 Å². The molecule has 0 aliphatic heterocycles. The van der Waals surface area contributed by atoms with E-state index in [4.69, 9.17) is 4.42 Å². The van der Waals surface area contributed by atoms with Gasteiger partial charge in [0.15, 0.2) is 0 Å². The molecule has 5 nitrogen and oxygen atoms in total. The summed E-state index contributed by atoms with van der Waals surface area (Å²) in [5.41, 5.74) is 0.536. The van der Waals surface area contributed by atoms with E-state index < -0.39 is 5.76 Å². The number of amides is 1. The van der Waals surface area contributed by atoms with Gasteiger partial charge in [-0.15, -0.1) is 21.5 Å². The predicted molar refractivity (Wildman–Crippen MR) is 95.3 cm³/mol. The molecule has 1 amide bonds. The lowest BCUT2D eigenvalue weighted by Gasteiger charge is -2.05. The number of alkyl halides is 2. The van der Waals surface area contributed by atoms with Gasteiger partial charge in [-0.05, 0) is 35.7 Å². The van der Waals surface area contributed by atoms with Gasteiger partial charge in [-0.25, -0.2) is 0 Å². The summed E-state index contributed by atoms with van der Waals surface area (Å²) in [7, 11) is 0. The zero-order valence-electron chi connectivity index (χ0n) is 12.5. The Labute approximate surface area is 154 Å². The lowest BCUT2D eigenvalue weighted by atomic mass is 10.3. The molecule has 1 aromatic carbocycles. The Morgan fingerprint density at radius 1 is 1.24 bits per heavy atom. The highest BCUT2D eigenvalue weighted by Gasteiger charge is 2.12. The Hall–Kier alpha value is -1.91. The van der Waals surface area contributed by atoms with E-state index in [0.717, 1.165) is 16.6 Å². The van der Waals surface area contributed by atoms with Crippen molar-refractivity contribution in [2.24, 2.45) is 0 Å². The first-order valence-corrected chi connectivity index (χ1v) is 9.69. The van der Waals surface area contributed by atoms with Crippen LogP contribution in [0.25, 0.3) is 10.8 Å². The maximum atomic E-state index is 12.3. The summed E-state index contributed by atoms with van der Waals surface area (Å²) in [6, 6.07) is 9.98. The minimum atomic E-state index is -2.47. The van der Waals surface area contributed by atoms with Gasteiger partial charge in [0.1, 0.15) is 0 Å². The molecular weight excluding hydrogens is 388 g/mol. The third-order valence-corrected chi connectivity index (χ3v) is 5.23. The van der Waals surface area contributed by atoms with Crippen molar-refractivity contribution in [2.45, 2.75) is 15.9 Å². The van der Waals surface area contributed by atoms with Crippen LogP contribution in [-0.4, -0.2) is 27.6 Å². The number of carbonyl (C=O) groups is 1. The average molecular weight is 399 g/mol. The number of thiophene rings is 1. The van der Waals surface area contributed by atoms with Crippen LogP contribution in [0.1, 0.15) is 0 Å². The van der Waals surface area contributed by atoms with Crippen LogP contribution in [0.2, 0.25) is 0 Å². The lowest BCUT2D eigenvalue weighted by Crippen LogP contribution is -2.13. The van der Waals surface area contributed by atoms with Crippen LogP contribution in [0.4, 0.5) is 14.5 Å². The van der Waals surface area contributed by atoms with Crippen molar-refractivity contribution in [3.8, 4) is 10.8 Å². The number of rotatable bonds is 7. The van der Waals surface area contributed by atoms with E-state index in [2.05, 4.69) is 15.5 Å². The number of hydrogen-bond acceptors (Lipinski definition) is 7. The Morgan fingerprint density at radius 3 is 2.72 bits per heavy atom. The van der Waals surface area contributed by atoms with Crippen molar-refractivity contribution in [2.75, 3.05) is 11.1 Å². The highest BCUT2D eigenvalue weighted by molar-refractivity contribution is 7.99. The highest BCUT2D eigenvalue weighted by atomic mass is 32.2. The van der Waals surface area contributed by atoms with Crippen molar-refractivity contribution in [3.05, 3.63) is 41.8 Å². The number of nitrogens with zero attached hydrogens (tertiary/aromatic N) is 2. The smallest absolute Gasteiger partial charge is 0.288 e. The van der Waals surface area contributed by atoms with E-state index in [-0.39, 0.29) is 11.7 Å². The fourth-order valence-corrected chi connectivity index (χ4v) is 3.52. The summed E-state index contributed by atoms with van der Waals surface area (Å²) in [6.07, 6.45) is 0. The summed E-state index contributed by atoms with van der Waals surface area (Å²) in [5.74, 6) is -2.20. The van der Waals surface area contributed by atoms with Crippen LogP contribution >= 0.6 is 34.9 Å². The number of aromatic nitrogens is 2. The monoisotopic (exact) mass is 399 g/mol. The zero-order valence-corrected chi connectivity index (χ0v) is 15.0. The van der Waals surface area contributed by atoms with Crippen LogP contribution in [0.3, 0.4) is 0 Å². The van der Waals surface area contributed by atoms with Gasteiger partial charge in [0.05, 0.1) is 10.6 Å². The summed E-state index contributed by atoms with van der Waals surface area (Å²) < 4.78 is 30.0. The summed E-state index contributed by atoms with van der Waals surface area (Å²) in [4.78, 5) is 13.2. The number of carbonyl (C=O) groups excluding carboxylic acids is 1. The zero-order chi connectivity index (χ0) is 17.6. The van der Waals surface area contributed by atoms with Crippen LogP contribution in [0.5, 0.6) is 0 Å². The molecule has 25 heavy (non-hydrogen) atoms. The first-order valence-electron chi connectivity index (χ1n) is 6.95. The topological polar surface area (TPSA) is 68.0 Å². The molecule has 1 N–H and O–H groups in total. The molecule has 2 heterocycles. The molecule has 10 heteroatoms. The van der Waals surface area contributed by atoms with Gasteiger partial charge < -0.3 is 9.73 Å². The van der Waals surface area contributed by atoms with Crippen LogP contribution in [0.15, 0.2) is 56.3 Å². The maximum Gasteiger partial charge on any atom is 0.288 e. The fraction of sp³-hybridized carbons (Fsp3) is 0.133. The van der Waals surface area contributed by atoms with Gasteiger partial charge in [0.25, 0.3) is 16.9 Å². The number of anilines is 1. The van der Waals surface area contributed by atoms with Gasteiger partial charge >= 0.3 is 0 Å². The van der Waals surface area contributed by atoms with E-state index in [0.29, 0.717) is 33.5 Å². The molecule has 0 saturated heterocycles. The Kier molecular flexibility index (Phi) is 6.05. The molecule has 130 valence electrons. The molecule has 0 atom stereocenters. The second-order valence-corrected chi connectivity index (χ2v) is 7.53. The minimum Gasteiger partial charge on any atom is -0.410 e. The second kappa shape index (κ2) is 8.45. The van der Waals surface area contributed by atoms with Gasteiger partial charge in [0, 0.05) is 10.6 Å². The van der Waals surface area contributed by atoms with E-state index in [1.165, 1.54) is 23.5 Å². The van der Waals surface area contributed by atoms with Crippen molar-refractivity contribution in [1.29, 1.82) is 0 Å². The molecular formula is C15H11F2N3O2S3. The van der Waals surface area contributed by atoms with E-state index in [1.807, 2.05) is 17.5 Å². The summed E-state index contributed by atoms with van der Waals surface area (Å²) >= 11 is 3.07. The maximum absolute atomic E-state index is 12.3. The summed E-state index contributed by atoms with van der Waals surface area (Å²) in [6.45, 7) is 0. The minimum absolute atomic E-state index is 0.0968. The fourth-order valence-electron chi connectivity index (χ4n) is 1.81. The van der Waals surface area contributed by atoms with E-state index >= 15 is 0 Å². The Balaban J connectivity index is 1.49. The number of benzene rings is 1. The summed E-state index contributed by atoms with van der Waals surface area (Å²) in [5, 5.41) is 12.7. The predicted octanol–water partition coefficient (Wildman–Crippen LogP) is 4.84. The molecule has 0 aliphatic carbocycles. The molecule has 3 aromatic rings. The number of hydrogen-bond donors (Lipinski definition) is 1. The van der Waals surface area contributed by atoms with E-state index in [1.54, 1.807) is 12.1 Å². The number of thioether (sulfide) groups is 2. The van der Waals surface area contributed by atoms with Gasteiger partial charge in [-0.3, -0.25) is 4.79 Å². The standard InChI is InChI=1S/C15H11F2N3O2S3/c16-14(17)25-10-5-3-9(4-6-10)18-12(21)8-24-15-20-19-13(22-15)11-2-1-7-23-11/h1-7,14H,8H2,(H,18,21). The first kappa shape index (κ1) is 17.9. The molecule has 3 rings (SSSR count). The molecule has 0 unspecified atom stereocenters. The van der Waals surface area contributed by atoms with Gasteiger partial charge in [-0.2, -0.15) is 8.78 Å². The van der Waals surface area contributed by atoms with Gasteiger partial charge in [0.2, 0.25) is 5.91 Å². The first-order chi connectivity index (χ1) is 12.1. The van der Waals surface area contributed by atoms with Crippen LogP contribution in [-0.2, 0) is 4.79 Å². The molecule has 0 fully saturated rings. The van der Waals surface area contributed by atoms with Crippen molar-refractivity contribution < 1.29 is 18.0 Å². The van der Waals surface area contributed by atoms with Crippen LogP contribution in [0, 0.1) is 0 Å². The lowest BCUT2D eigenvalue weighted by molar-refractivity contribution is -0.113. The molecule has 0 bridgehead atoms. The molecule has 2 aromatic heterocycles. The third kappa shape index (κ3) is 5.28. The third-order valence-electron chi connectivity index (χ3n) is 2.83. The Bertz CT molecular complexity index is 823. The molecule has 0 radical (unpaired) electrons. The Morgan fingerprint density at radius 2 is 2.04 bits per heavy atom. The molecule has 0 saturated carbocycles. The molecule has 0 spiro atoms. The SMILES string of the molecule is O=C(CSc1nnc(-c2cccs2)o1)Nc1ccc(SC(F)F)cc1. The number of nitrogens with one attached hydrogen (secondary N) is 1. The van der Waals surface area contributed by atoms with Crippen molar-refractivity contribution in [3.63, 3.8) is 0 Å². The molecule has 0 aliphatic rings. The quantitative estimate of drug-likeness (QED) is 0.573. The average Bonchev–Trinajstić information content (AvgIpc) is 3.25. The van der Waals surface area contributed by atoms with Crippen LogP contribution < -0.4 is 5.32 Å².